The standard InChI is InChI=1S/C18H20BrF3N4/c1-3-10(2)23-17-25-15(11-4-5-11)9-16(26-17)24-12-6-7-14(19)13(8-12)18(20,21)22/h6-11H,3-5H2,1-2H3,(H2,23,24,25,26)/t10-/m0/s1. The molecule has 2 N–H and O–H groups in total. The van der Waals surface area contributed by atoms with Crippen LogP contribution in [0.5, 0.6) is 0 Å². The van der Waals surface area contributed by atoms with E-state index in [0.29, 0.717) is 23.4 Å². The molecule has 26 heavy (non-hydrogen) atoms. The van der Waals surface area contributed by atoms with Crippen LogP contribution in [-0.4, -0.2) is 16.0 Å². The molecule has 0 bridgehead atoms. The molecule has 1 aromatic heterocycles. The maximum atomic E-state index is 13.1. The van der Waals surface area contributed by atoms with E-state index >= 15 is 0 Å². The summed E-state index contributed by atoms with van der Waals surface area (Å²) in [6.45, 7) is 4.09. The summed E-state index contributed by atoms with van der Waals surface area (Å²) < 4.78 is 39.3. The molecule has 1 aliphatic rings. The Bertz CT molecular complexity index is 790. The van der Waals surface area contributed by atoms with Crippen molar-refractivity contribution < 1.29 is 13.2 Å². The van der Waals surface area contributed by atoms with E-state index in [-0.39, 0.29) is 10.5 Å². The van der Waals surface area contributed by atoms with Crippen LogP contribution in [0.4, 0.5) is 30.6 Å². The van der Waals surface area contributed by atoms with Gasteiger partial charge in [-0.05, 0) is 44.4 Å². The molecule has 0 saturated heterocycles. The van der Waals surface area contributed by atoms with Gasteiger partial charge in [-0.1, -0.05) is 22.9 Å². The number of hydrogen-bond donors (Lipinski definition) is 2. The van der Waals surface area contributed by atoms with Gasteiger partial charge < -0.3 is 10.6 Å². The van der Waals surface area contributed by atoms with Gasteiger partial charge >= 0.3 is 6.18 Å². The van der Waals surface area contributed by atoms with E-state index in [0.717, 1.165) is 31.0 Å². The van der Waals surface area contributed by atoms with Crippen LogP contribution < -0.4 is 10.6 Å². The number of halogens is 4. The molecule has 8 heteroatoms. The predicted molar refractivity (Wildman–Crippen MR) is 99.8 cm³/mol. The molecule has 1 aliphatic carbocycles. The molecule has 1 aromatic carbocycles. The molecule has 1 atom stereocenters. The summed E-state index contributed by atoms with van der Waals surface area (Å²) in [4.78, 5) is 8.96. The van der Waals surface area contributed by atoms with Crippen LogP contribution in [0.25, 0.3) is 0 Å². The van der Waals surface area contributed by atoms with Crippen molar-refractivity contribution in [3.05, 3.63) is 40.0 Å². The highest BCUT2D eigenvalue weighted by atomic mass is 79.9. The van der Waals surface area contributed by atoms with E-state index in [1.807, 2.05) is 13.0 Å². The fourth-order valence-electron chi connectivity index (χ4n) is 2.47. The first-order valence-corrected chi connectivity index (χ1v) is 9.35. The third-order valence-electron chi connectivity index (χ3n) is 4.27. The Morgan fingerprint density at radius 1 is 1.23 bits per heavy atom. The summed E-state index contributed by atoms with van der Waals surface area (Å²) in [5.41, 5.74) is 0.522. The number of aromatic nitrogens is 2. The van der Waals surface area contributed by atoms with Crippen LogP contribution in [0.15, 0.2) is 28.7 Å². The summed E-state index contributed by atoms with van der Waals surface area (Å²) in [7, 11) is 0. The smallest absolute Gasteiger partial charge is 0.352 e. The van der Waals surface area contributed by atoms with E-state index in [1.54, 1.807) is 6.07 Å². The van der Waals surface area contributed by atoms with Gasteiger partial charge in [-0.25, -0.2) is 4.98 Å². The number of alkyl halides is 3. The highest BCUT2D eigenvalue weighted by Gasteiger charge is 2.33. The maximum Gasteiger partial charge on any atom is 0.417 e. The van der Waals surface area contributed by atoms with Crippen LogP contribution >= 0.6 is 15.9 Å². The molecule has 0 aliphatic heterocycles. The number of anilines is 3. The van der Waals surface area contributed by atoms with Gasteiger partial charge in [0.2, 0.25) is 5.95 Å². The van der Waals surface area contributed by atoms with Crippen LogP contribution in [0, 0.1) is 0 Å². The molecule has 0 amide bonds. The Morgan fingerprint density at radius 3 is 2.58 bits per heavy atom. The van der Waals surface area contributed by atoms with Gasteiger partial charge in [-0.3, -0.25) is 0 Å². The van der Waals surface area contributed by atoms with E-state index in [4.69, 9.17) is 0 Å². The third kappa shape index (κ3) is 4.66. The third-order valence-corrected chi connectivity index (χ3v) is 4.97. The van der Waals surface area contributed by atoms with Gasteiger partial charge in [0.15, 0.2) is 0 Å². The monoisotopic (exact) mass is 428 g/mol. The lowest BCUT2D eigenvalue weighted by molar-refractivity contribution is -0.138. The summed E-state index contributed by atoms with van der Waals surface area (Å²) in [6, 6.07) is 6.06. The molecule has 0 spiro atoms. The van der Waals surface area contributed by atoms with Crippen molar-refractivity contribution in [2.75, 3.05) is 10.6 Å². The average Bonchev–Trinajstić information content (AvgIpc) is 3.40. The van der Waals surface area contributed by atoms with Gasteiger partial charge in [-0.15, -0.1) is 0 Å². The second-order valence-corrected chi connectivity index (χ2v) is 7.40. The fraction of sp³-hybridized carbons (Fsp3) is 0.444. The zero-order valence-corrected chi connectivity index (χ0v) is 16.1. The normalized spacial score (nSPS) is 15.6. The second-order valence-electron chi connectivity index (χ2n) is 6.55. The highest BCUT2D eigenvalue weighted by Crippen LogP contribution is 2.40. The Labute approximate surface area is 158 Å². The molecule has 1 heterocycles. The van der Waals surface area contributed by atoms with Crippen molar-refractivity contribution in [1.82, 2.24) is 9.97 Å². The van der Waals surface area contributed by atoms with E-state index in [9.17, 15) is 13.2 Å². The largest absolute Gasteiger partial charge is 0.417 e. The molecule has 4 nitrogen and oxygen atoms in total. The average molecular weight is 429 g/mol. The lowest BCUT2D eigenvalue weighted by Crippen LogP contribution is -2.16. The molecule has 0 unspecified atom stereocenters. The number of nitrogens with zero attached hydrogens (tertiary/aromatic N) is 2. The zero-order valence-electron chi connectivity index (χ0n) is 14.5. The van der Waals surface area contributed by atoms with Gasteiger partial charge in [0, 0.05) is 28.2 Å². The Balaban J connectivity index is 1.89. The lowest BCUT2D eigenvalue weighted by atomic mass is 10.2. The first-order chi connectivity index (χ1) is 12.3. The van der Waals surface area contributed by atoms with Crippen LogP contribution in [-0.2, 0) is 6.18 Å². The van der Waals surface area contributed by atoms with Gasteiger partial charge in [0.1, 0.15) is 5.82 Å². The Hall–Kier alpha value is -1.83. The summed E-state index contributed by atoms with van der Waals surface area (Å²) in [5.74, 6) is 1.40. The lowest BCUT2D eigenvalue weighted by Gasteiger charge is -2.15. The zero-order chi connectivity index (χ0) is 18.9. The van der Waals surface area contributed by atoms with E-state index < -0.39 is 11.7 Å². The molecule has 1 saturated carbocycles. The number of nitrogens with one attached hydrogen (secondary N) is 2. The summed E-state index contributed by atoms with van der Waals surface area (Å²) in [6.07, 6.45) is -1.35. The van der Waals surface area contributed by atoms with Crippen LogP contribution in [0.3, 0.4) is 0 Å². The minimum atomic E-state index is -4.43. The molecule has 140 valence electrons. The molecular weight excluding hydrogens is 409 g/mol. The minimum absolute atomic E-state index is 0.0102. The second kappa shape index (κ2) is 7.42. The minimum Gasteiger partial charge on any atom is -0.352 e. The quantitative estimate of drug-likeness (QED) is 0.584. The molecule has 1 fully saturated rings. The van der Waals surface area contributed by atoms with E-state index in [2.05, 4.69) is 43.5 Å². The summed E-state index contributed by atoms with van der Waals surface area (Å²) >= 11 is 2.95. The maximum absolute atomic E-state index is 13.1. The highest BCUT2D eigenvalue weighted by molar-refractivity contribution is 9.10. The van der Waals surface area contributed by atoms with Crippen molar-refractivity contribution in [3.8, 4) is 0 Å². The van der Waals surface area contributed by atoms with Gasteiger partial charge in [0.25, 0.3) is 0 Å². The van der Waals surface area contributed by atoms with Crippen molar-refractivity contribution in [1.29, 1.82) is 0 Å². The van der Waals surface area contributed by atoms with Crippen molar-refractivity contribution in [3.63, 3.8) is 0 Å². The van der Waals surface area contributed by atoms with E-state index in [1.165, 1.54) is 6.07 Å². The topological polar surface area (TPSA) is 49.8 Å². The van der Waals surface area contributed by atoms with Gasteiger partial charge in [0.05, 0.1) is 11.3 Å². The van der Waals surface area contributed by atoms with Crippen LogP contribution in [0.2, 0.25) is 0 Å². The first kappa shape index (κ1) is 18.9. The number of benzene rings is 1. The Morgan fingerprint density at radius 2 is 1.96 bits per heavy atom. The van der Waals surface area contributed by atoms with Crippen LogP contribution in [0.1, 0.15) is 50.3 Å². The van der Waals surface area contributed by atoms with Gasteiger partial charge in [-0.2, -0.15) is 18.2 Å². The number of rotatable bonds is 6. The van der Waals surface area contributed by atoms with Crippen molar-refractivity contribution in [2.24, 2.45) is 0 Å². The molecule has 3 rings (SSSR count). The van der Waals surface area contributed by atoms with Crippen molar-refractivity contribution in [2.45, 2.75) is 51.2 Å². The first-order valence-electron chi connectivity index (χ1n) is 8.55. The molecular formula is C18H20BrF3N4. The number of hydrogen-bond acceptors (Lipinski definition) is 4. The SMILES string of the molecule is CC[C@H](C)Nc1nc(Nc2ccc(Br)c(C(F)(F)F)c2)cc(C2CC2)n1. The molecule has 0 radical (unpaired) electrons. The Kier molecular flexibility index (Phi) is 5.41. The molecule has 2 aromatic rings. The fourth-order valence-corrected chi connectivity index (χ4v) is 2.94. The predicted octanol–water partition coefficient (Wildman–Crippen LogP) is 6.09. The van der Waals surface area contributed by atoms with Crippen molar-refractivity contribution >= 4 is 33.4 Å². The summed E-state index contributed by atoms with van der Waals surface area (Å²) in [5, 5.41) is 6.22.